The lowest BCUT2D eigenvalue weighted by atomic mass is 9.73. The quantitative estimate of drug-likeness (QED) is 0.618. The van der Waals surface area contributed by atoms with Crippen molar-refractivity contribution in [1.82, 2.24) is 0 Å². The zero-order valence-corrected chi connectivity index (χ0v) is 12.2. The second kappa shape index (κ2) is 5.94. The van der Waals surface area contributed by atoms with Gasteiger partial charge in [0.2, 0.25) is 0 Å². The van der Waals surface area contributed by atoms with E-state index in [1.54, 1.807) is 6.07 Å². The van der Waals surface area contributed by atoms with E-state index in [-0.39, 0.29) is 10.7 Å². The molecule has 4 nitrogen and oxygen atoms in total. The molecule has 0 bridgehead atoms. The van der Waals surface area contributed by atoms with Crippen LogP contribution in [0.25, 0.3) is 0 Å². The second-order valence-electron chi connectivity index (χ2n) is 4.66. The van der Waals surface area contributed by atoms with E-state index >= 15 is 0 Å². The molecule has 5 heteroatoms. The van der Waals surface area contributed by atoms with Crippen molar-refractivity contribution in [3.05, 3.63) is 74.8 Å². The van der Waals surface area contributed by atoms with Crippen molar-refractivity contribution in [3.8, 4) is 6.07 Å². The highest BCUT2D eigenvalue weighted by molar-refractivity contribution is 6.31. The van der Waals surface area contributed by atoms with Gasteiger partial charge < -0.3 is 0 Å². The molecular weight excluding hydrogens is 288 g/mol. The van der Waals surface area contributed by atoms with Crippen molar-refractivity contribution >= 4 is 17.3 Å². The number of halogens is 1. The van der Waals surface area contributed by atoms with Crippen molar-refractivity contribution in [1.29, 1.82) is 5.26 Å². The molecule has 2 rings (SSSR count). The smallest absolute Gasteiger partial charge is 0.258 e. The molecule has 0 radical (unpaired) electrons. The Morgan fingerprint density at radius 1 is 1.29 bits per heavy atom. The maximum absolute atomic E-state index is 10.8. The van der Waals surface area contributed by atoms with Crippen LogP contribution < -0.4 is 0 Å². The minimum Gasteiger partial charge on any atom is -0.258 e. The Labute approximate surface area is 127 Å². The molecule has 106 valence electrons. The summed E-state index contributed by atoms with van der Waals surface area (Å²) in [6.07, 6.45) is 0.519. The maximum atomic E-state index is 10.8. The first-order chi connectivity index (χ1) is 10.0. The third kappa shape index (κ3) is 2.61. The van der Waals surface area contributed by atoms with Crippen LogP contribution in [0.3, 0.4) is 0 Å². The monoisotopic (exact) mass is 300 g/mol. The van der Waals surface area contributed by atoms with Gasteiger partial charge in [-0.1, -0.05) is 48.9 Å². The number of nitro groups is 1. The highest BCUT2D eigenvalue weighted by Crippen LogP contribution is 2.39. The van der Waals surface area contributed by atoms with E-state index in [0.29, 0.717) is 12.0 Å². The normalized spacial score (nSPS) is 13.2. The predicted molar refractivity (Wildman–Crippen MR) is 81.2 cm³/mol. The number of non-ortho nitro benzene ring substituents is 1. The molecular formula is C16H13ClN2O2. The number of nitro benzene ring substituents is 1. The number of hydrogen-bond acceptors (Lipinski definition) is 3. The fraction of sp³-hybridized carbons (Fsp3) is 0.188. The first-order valence-corrected chi connectivity index (χ1v) is 6.84. The molecule has 0 aliphatic rings. The van der Waals surface area contributed by atoms with Crippen molar-refractivity contribution in [3.63, 3.8) is 0 Å². The number of benzene rings is 2. The largest absolute Gasteiger partial charge is 0.270 e. The van der Waals surface area contributed by atoms with Crippen LogP contribution in [0.5, 0.6) is 0 Å². The van der Waals surface area contributed by atoms with Gasteiger partial charge in [-0.2, -0.15) is 5.26 Å². The van der Waals surface area contributed by atoms with Crippen molar-refractivity contribution in [2.45, 2.75) is 18.8 Å². The maximum Gasteiger partial charge on any atom is 0.270 e. The summed E-state index contributed by atoms with van der Waals surface area (Å²) in [6.45, 7) is 1.90. The van der Waals surface area contributed by atoms with Crippen LogP contribution in [-0.4, -0.2) is 4.92 Å². The molecule has 2 aromatic carbocycles. The molecule has 0 spiro atoms. The Hall–Kier alpha value is -2.38. The SMILES string of the molecule is CC[C@@](C#N)(c1ccccc1)c1ccc([N+](=O)[O-])cc1Cl. The van der Waals surface area contributed by atoms with E-state index in [1.807, 2.05) is 37.3 Å². The van der Waals surface area contributed by atoms with Crippen LogP contribution in [0, 0.1) is 21.4 Å². The van der Waals surface area contributed by atoms with Gasteiger partial charge in [-0.25, -0.2) is 0 Å². The Morgan fingerprint density at radius 2 is 1.95 bits per heavy atom. The molecule has 0 N–H and O–H groups in total. The van der Waals surface area contributed by atoms with E-state index < -0.39 is 10.3 Å². The predicted octanol–water partition coefficient (Wildman–Crippen LogP) is 4.47. The van der Waals surface area contributed by atoms with Gasteiger partial charge in [0.15, 0.2) is 0 Å². The lowest BCUT2D eigenvalue weighted by Crippen LogP contribution is -2.25. The van der Waals surface area contributed by atoms with Crippen LogP contribution in [-0.2, 0) is 5.41 Å². The molecule has 0 amide bonds. The lowest BCUT2D eigenvalue weighted by molar-refractivity contribution is -0.384. The van der Waals surface area contributed by atoms with Crippen molar-refractivity contribution in [2.75, 3.05) is 0 Å². The van der Waals surface area contributed by atoms with Crippen molar-refractivity contribution in [2.24, 2.45) is 0 Å². The van der Waals surface area contributed by atoms with E-state index in [1.165, 1.54) is 12.1 Å². The number of nitrogens with zero attached hydrogens (tertiary/aromatic N) is 2. The summed E-state index contributed by atoms with van der Waals surface area (Å²) in [5, 5.41) is 20.8. The first kappa shape index (κ1) is 15.0. The molecule has 0 aromatic heterocycles. The summed E-state index contributed by atoms with van der Waals surface area (Å²) in [5.41, 5.74) is 0.421. The number of nitriles is 1. The van der Waals surface area contributed by atoms with Gasteiger partial charge >= 0.3 is 0 Å². The number of hydrogen-bond donors (Lipinski definition) is 0. The van der Waals surface area contributed by atoms with E-state index in [9.17, 15) is 15.4 Å². The van der Waals surface area contributed by atoms with E-state index in [0.717, 1.165) is 5.56 Å². The van der Waals surface area contributed by atoms with Gasteiger partial charge in [-0.05, 0) is 23.6 Å². The van der Waals surface area contributed by atoms with Crippen LogP contribution in [0.1, 0.15) is 24.5 Å². The van der Waals surface area contributed by atoms with Gasteiger partial charge in [0.05, 0.1) is 16.0 Å². The topological polar surface area (TPSA) is 66.9 Å². The standard InChI is InChI=1S/C16H13ClN2O2/c1-2-16(11-18,12-6-4-3-5-7-12)14-9-8-13(19(20)21)10-15(14)17/h3-10H,2H2,1H3/t16-/m1/s1. The van der Waals surface area contributed by atoms with Gasteiger partial charge in [0.25, 0.3) is 5.69 Å². The third-order valence-electron chi connectivity index (χ3n) is 3.61. The van der Waals surface area contributed by atoms with Crippen LogP contribution in [0.4, 0.5) is 5.69 Å². The number of rotatable bonds is 4. The molecule has 0 heterocycles. The lowest BCUT2D eigenvalue weighted by Gasteiger charge is -2.27. The van der Waals surface area contributed by atoms with E-state index in [2.05, 4.69) is 6.07 Å². The molecule has 0 aliphatic heterocycles. The molecule has 1 atom stereocenters. The zero-order chi connectivity index (χ0) is 15.5. The Balaban J connectivity index is 2.65. The Morgan fingerprint density at radius 3 is 2.43 bits per heavy atom. The summed E-state index contributed by atoms with van der Waals surface area (Å²) in [7, 11) is 0. The van der Waals surface area contributed by atoms with Crippen LogP contribution in [0.15, 0.2) is 48.5 Å². The average Bonchev–Trinajstić information content (AvgIpc) is 2.51. The molecule has 2 aromatic rings. The van der Waals surface area contributed by atoms with E-state index in [4.69, 9.17) is 11.6 Å². The molecule has 21 heavy (non-hydrogen) atoms. The average molecular weight is 301 g/mol. The summed E-state index contributed by atoms with van der Waals surface area (Å²) in [4.78, 5) is 10.3. The Kier molecular flexibility index (Phi) is 4.25. The molecule has 0 fully saturated rings. The van der Waals surface area contributed by atoms with Gasteiger partial charge in [0.1, 0.15) is 5.41 Å². The fourth-order valence-corrected chi connectivity index (χ4v) is 2.78. The van der Waals surface area contributed by atoms with Gasteiger partial charge in [0, 0.05) is 12.1 Å². The minimum absolute atomic E-state index is 0.0836. The van der Waals surface area contributed by atoms with Gasteiger partial charge in [-0.3, -0.25) is 10.1 Å². The molecule has 0 aliphatic carbocycles. The molecule has 0 saturated carbocycles. The summed E-state index contributed by atoms with van der Waals surface area (Å²) in [5.74, 6) is 0. The van der Waals surface area contributed by atoms with Crippen LogP contribution >= 0.6 is 11.6 Å². The summed E-state index contributed by atoms with van der Waals surface area (Å²) in [6, 6.07) is 15.9. The first-order valence-electron chi connectivity index (χ1n) is 6.46. The van der Waals surface area contributed by atoms with Gasteiger partial charge in [-0.15, -0.1) is 0 Å². The van der Waals surface area contributed by atoms with Crippen molar-refractivity contribution < 1.29 is 4.92 Å². The Bertz CT molecular complexity index is 710. The fourth-order valence-electron chi connectivity index (χ4n) is 2.44. The highest BCUT2D eigenvalue weighted by atomic mass is 35.5. The molecule has 0 unspecified atom stereocenters. The third-order valence-corrected chi connectivity index (χ3v) is 3.92. The highest BCUT2D eigenvalue weighted by Gasteiger charge is 2.35. The summed E-state index contributed by atoms with van der Waals surface area (Å²) >= 11 is 6.21. The minimum atomic E-state index is -0.909. The summed E-state index contributed by atoms with van der Waals surface area (Å²) < 4.78 is 0. The second-order valence-corrected chi connectivity index (χ2v) is 5.07. The zero-order valence-electron chi connectivity index (χ0n) is 11.4. The molecule has 0 saturated heterocycles. The van der Waals surface area contributed by atoms with Crippen LogP contribution in [0.2, 0.25) is 5.02 Å².